The summed E-state index contributed by atoms with van der Waals surface area (Å²) >= 11 is 0. The normalized spacial score (nSPS) is 13.6. The van der Waals surface area contributed by atoms with E-state index in [1.54, 1.807) is 0 Å². The number of rotatable bonds is 12. The smallest absolute Gasteiger partial charge is 0.336 e. The number of carbonyl (C=O) groups is 3. The van der Waals surface area contributed by atoms with Crippen LogP contribution in [0.3, 0.4) is 0 Å². The molecule has 2 rings (SSSR count). The van der Waals surface area contributed by atoms with Crippen molar-refractivity contribution in [3.63, 3.8) is 0 Å². The van der Waals surface area contributed by atoms with Gasteiger partial charge in [-0.25, -0.2) is 37.7 Å². The van der Waals surface area contributed by atoms with Crippen LogP contribution in [0.15, 0.2) is 39.7 Å². The summed E-state index contributed by atoms with van der Waals surface area (Å²) in [5, 5.41) is 0. The van der Waals surface area contributed by atoms with Crippen molar-refractivity contribution in [2.75, 3.05) is 19.8 Å². The zero-order valence-corrected chi connectivity index (χ0v) is 18.9. The van der Waals surface area contributed by atoms with E-state index in [1.807, 2.05) is 0 Å². The summed E-state index contributed by atoms with van der Waals surface area (Å²) < 4.78 is 17.1. The number of carbonyl (C=O) groups excluding carboxylic acids is 3. The van der Waals surface area contributed by atoms with Gasteiger partial charge < -0.3 is 14.2 Å². The van der Waals surface area contributed by atoms with Crippen LogP contribution < -0.4 is 17.1 Å². The van der Waals surface area contributed by atoms with Gasteiger partial charge in [0, 0.05) is 12.2 Å². The highest BCUT2D eigenvalue weighted by molar-refractivity contribution is 5.81. The molecule has 0 spiro atoms. The molecule has 12 nitrogen and oxygen atoms in total. The van der Waals surface area contributed by atoms with Crippen molar-refractivity contribution in [1.82, 2.24) is 13.7 Å². The summed E-state index contributed by atoms with van der Waals surface area (Å²) in [4.78, 5) is 73.2. The van der Waals surface area contributed by atoms with Gasteiger partial charge in [-0.1, -0.05) is 32.4 Å². The number of esters is 3. The highest BCUT2D eigenvalue weighted by Crippen LogP contribution is 2.24. The van der Waals surface area contributed by atoms with Gasteiger partial charge in [0.25, 0.3) is 0 Å². The summed E-state index contributed by atoms with van der Waals surface area (Å²) in [6.07, 6.45) is 6.30. The molecule has 1 aromatic heterocycles. The molecule has 34 heavy (non-hydrogen) atoms. The molecule has 0 unspecified atom stereocenters. The Morgan fingerprint density at radius 3 is 1.47 bits per heavy atom. The molecule has 1 aliphatic rings. The molecule has 1 fully saturated rings. The van der Waals surface area contributed by atoms with Crippen molar-refractivity contribution in [3.05, 3.63) is 56.8 Å². The number of hydrogen-bond donors (Lipinski definition) is 0. The number of aromatic nitrogens is 3. The van der Waals surface area contributed by atoms with Crippen molar-refractivity contribution in [3.8, 4) is 0 Å². The predicted octanol–water partition coefficient (Wildman–Crippen LogP) is -0.246. The average Bonchev–Trinajstić information content (AvgIpc) is 2.85. The molecule has 0 saturated heterocycles. The maximum Gasteiger partial charge on any atom is 0.336 e. The van der Waals surface area contributed by atoms with Gasteiger partial charge in [-0.2, -0.15) is 0 Å². The van der Waals surface area contributed by atoms with E-state index in [2.05, 4.69) is 13.2 Å². The molecule has 0 aromatic carbocycles. The zero-order chi connectivity index (χ0) is 25.1. The Balaban J connectivity index is 2.23. The molecule has 1 saturated carbocycles. The zero-order valence-electron chi connectivity index (χ0n) is 18.9. The van der Waals surface area contributed by atoms with Crippen LogP contribution in [-0.2, 0) is 48.2 Å². The summed E-state index contributed by atoms with van der Waals surface area (Å²) in [6, 6.07) is 0. The molecular weight excluding hydrogens is 450 g/mol. The highest BCUT2D eigenvalue weighted by atomic mass is 16.5. The molecule has 0 N–H and O–H groups in total. The average molecular weight is 479 g/mol. The summed E-state index contributed by atoms with van der Waals surface area (Å²) in [6.45, 7) is 4.69. The fourth-order valence-electron chi connectivity index (χ4n) is 3.54. The lowest BCUT2D eigenvalue weighted by Crippen LogP contribution is -2.55. The summed E-state index contributed by atoms with van der Waals surface area (Å²) in [7, 11) is 0. The monoisotopic (exact) mass is 479 g/mol. The molecular formula is C22H29N3O9. The standard InChI is InChI=1S/C22H29N3O9/c1-3-17(26)32-13-10-23-20(29)24(11-14-33-18(27)4-2)22(31)25(21(23)30)12-15-34-19(28)16-8-6-5-7-9-16/h3-4,16H,1-2,5-15H2. The van der Waals surface area contributed by atoms with Gasteiger partial charge in [0.1, 0.15) is 19.8 Å². The van der Waals surface area contributed by atoms with E-state index >= 15 is 0 Å². The first-order valence-corrected chi connectivity index (χ1v) is 11.0. The largest absolute Gasteiger partial charge is 0.464 e. The molecule has 12 heteroatoms. The van der Waals surface area contributed by atoms with E-state index in [1.165, 1.54) is 0 Å². The van der Waals surface area contributed by atoms with E-state index in [0.717, 1.165) is 58.0 Å². The predicted molar refractivity (Wildman–Crippen MR) is 119 cm³/mol. The van der Waals surface area contributed by atoms with Crippen LogP contribution in [0.2, 0.25) is 0 Å². The minimum Gasteiger partial charge on any atom is -0.464 e. The number of hydrogen-bond acceptors (Lipinski definition) is 9. The third-order valence-electron chi connectivity index (χ3n) is 5.33. The van der Waals surface area contributed by atoms with Gasteiger partial charge in [0.05, 0.1) is 25.6 Å². The van der Waals surface area contributed by atoms with E-state index in [4.69, 9.17) is 14.2 Å². The van der Waals surface area contributed by atoms with Gasteiger partial charge in [-0.3, -0.25) is 4.79 Å². The Kier molecular flexibility index (Phi) is 10.2. The Bertz CT molecular complexity index is 1030. The Morgan fingerprint density at radius 2 is 1.09 bits per heavy atom. The van der Waals surface area contributed by atoms with E-state index < -0.39 is 29.0 Å². The maximum absolute atomic E-state index is 12.8. The van der Waals surface area contributed by atoms with Crippen molar-refractivity contribution in [2.24, 2.45) is 5.92 Å². The number of ether oxygens (including phenoxy) is 3. The first-order valence-electron chi connectivity index (χ1n) is 11.0. The summed E-state index contributed by atoms with van der Waals surface area (Å²) in [5.41, 5.74) is -2.86. The molecule has 0 amide bonds. The lowest BCUT2D eigenvalue weighted by atomic mass is 9.89. The lowest BCUT2D eigenvalue weighted by molar-refractivity contribution is -0.150. The SMILES string of the molecule is C=CC(=O)OCCn1c(=O)n(CCOC(=O)C=C)c(=O)n(CCOC(=O)C2CCCCC2)c1=O. The van der Waals surface area contributed by atoms with Gasteiger partial charge in [-0.15, -0.1) is 0 Å². The fraction of sp³-hybridized carbons (Fsp3) is 0.545. The van der Waals surface area contributed by atoms with Crippen LogP contribution in [0, 0.1) is 5.92 Å². The molecule has 186 valence electrons. The van der Waals surface area contributed by atoms with Crippen molar-refractivity contribution >= 4 is 17.9 Å². The quantitative estimate of drug-likeness (QED) is 0.225. The Morgan fingerprint density at radius 1 is 0.706 bits per heavy atom. The molecule has 0 radical (unpaired) electrons. The van der Waals surface area contributed by atoms with E-state index in [-0.39, 0.29) is 51.3 Å². The van der Waals surface area contributed by atoms with Crippen LogP contribution in [0.5, 0.6) is 0 Å². The van der Waals surface area contributed by atoms with Crippen LogP contribution in [-0.4, -0.2) is 51.4 Å². The second-order valence-corrected chi connectivity index (χ2v) is 7.55. The highest BCUT2D eigenvalue weighted by Gasteiger charge is 2.23. The molecule has 1 aliphatic carbocycles. The maximum atomic E-state index is 12.8. The topological polar surface area (TPSA) is 145 Å². The first-order chi connectivity index (χ1) is 16.3. The minimum absolute atomic E-state index is 0.199. The minimum atomic E-state index is -0.963. The Hall–Kier alpha value is -3.70. The van der Waals surface area contributed by atoms with Crippen molar-refractivity contribution in [2.45, 2.75) is 51.7 Å². The van der Waals surface area contributed by atoms with E-state index in [0.29, 0.717) is 0 Å². The van der Waals surface area contributed by atoms with Crippen molar-refractivity contribution in [1.29, 1.82) is 0 Å². The van der Waals surface area contributed by atoms with Gasteiger partial charge in [0.2, 0.25) is 0 Å². The number of nitrogens with zero attached hydrogens (tertiary/aromatic N) is 3. The Labute approximate surface area is 195 Å². The molecule has 1 heterocycles. The molecule has 1 aromatic rings. The lowest BCUT2D eigenvalue weighted by Gasteiger charge is -2.20. The summed E-state index contributed by atoms with van der Waals surface area (Å²) in [5.74, 6) is -2.07. The molecule has 0 atom stereocenters. The van der Waals surface area contributed by atoms with Crippen molar-refractivity contribution < 1.29 is 28.6 Å². The van der Waals surface area contributed by atoms with Gasteiger partial charge in [0.15, 0.2) is 0 Å². The third kappa shape index (κ3) is 7.15. The van der Waals surface area contributed by atoms with Crippen LogP contribution in [0.25, 0.3) is 0 Å². The molecule has 0 bridgehead atoms. The van der Waals surface area contributed by atoms with E-state index in [9.17, 15) is 28.8 Å². The fourth-order valence-corrected chi connectivity index (χ4v) is 3.54. The van der Waals surface area contributed by atoms with Crippen LogP contribution in [0.4, 0.5) is 0 Å². The second kappa shape index (κ2) is 13.1. The van der Waals surface area contributed by atoms with Crippen LogP contribution in [0.1, 0.15) is 32.1 Å². The third-order valence-corrected chi connectivity index (χ3v) is 5.33. The molecule has 0 aliphatic heterocycles. The second-order valence-electron chi connectivity index (χ2n) is 7.55. The van der Waals surface area contributed by atoms with Crippen LogP contribution >= 0.6 is 0 Å². The van der Waals surface area contributed by atoms with Gasteiger partial charge >= 0.3 is 35.0 Å². The van der Waals surface area contributed by atoms with Gasteiger partial charge in [-0.05, 0) is 12.8 Å². The first kappa shape index (κ1) is 26.6.